The molecule has 0 atom stereocenters. The van der Waals surface area contributed by atoms with E-state index in [1.165, 1.54) is 25.7 Å². The SMILES string of the molecule is CCCCCCCOc1ccc(C=Nc2ccc(OC(C)C)cc2)c(O)c1. The summed E-state index contributed by atoms with van der Waals surface area (Å²) in [6, 6.07) is 12.9. The number of phenols is 1. The molecule has 0 aliphatic rings. The number of hydrogen-bond acceptors (Lipinski definition) is 4. The summed E-state index contributed by atoms with van der Waals surface area (Å²) in [6.07, 6.45) is 7.81. The van der Waals surface area contributed by atoms with Crippen LogP contribution in [0.25, 0.3) is 0 Å². The molecule has 0 saturated heterocycles. The van der Waals surface area contributed by atoms with Gasteiger partial charge in [0.05, 0.1) is 18.4 Å². The first kappa shape index (κ1) is 20.8. The molecule has 2 aromatic carbocycles. The molecule has 2 aromatic rings. The summed E-state index contributed by atoms with van der Waals surface area (Å²) in [6.45, 7) is 6.88. The van der Waals surface area contributed by atoms with Crippen molar-refractivity contribution in [2.75, 3.05) is 6.61 Å². The minimum atomic E-state index is 0.147. The van der Waals surface area contributed by atoms with Crippen molar-refractivity contribution in [1.29, 1.82) is 0 Å². The predicted octanol–water partition coefficient (Wildman–Crippen LogP) is 6.28. The molecule has 0 radical (unpaired) electrons. The topological polar surface area (TPSA) is 51.0 Å². The van der Waals surface area contributed by atoms with Gasteiger partial charge < -0.3 is 14.6 Å². The van der Waals surface area contributed by atoms with Crippen LogP contribution in [-0.2, 0) is 0 Å². The first-order chi connectivity index (χ1) is 13.1. The molecular formula is C23H31NO3. The highest BCUT2D eigenvalue weighted by Crippen LogP contribution is 2.24. The van der Waals surface area contributed by atoms with Gasteiger partial charge in [0.2, 0.25) is 0 Å². The quantitative estimate of drug-likeness (QED) is 0.374. The van der Waals surface area contributed by atoms with Gasteiger partial charge in [-0.1, -0.05) is 32.6 Å². The van der Waals surface area contributed by atoms with E-state index in [0.717, 1.165) is 17.9 Å². The maximum Gasteiger partial charge on any atom is 0.128 e. The molecule has 0 heterocycles. The summed E-state index contributed by atoms with van der Waals surface area (Å²) < 4.78 is 11.3. The smallest absolute Gasteiger partial charge is 0.128 e. The minimum absolute atomic E-state index is 0.147. The summed E-state index contributed by atoms with van der Waals surface area (Å²) >= 11 is 0. The largest absolute Gasteiger partial charge is 0.507 e. The van der Waals surface area contributed by atoms with Crippen molar-refractivity contribution < 1.29 is 14.6 Å². The summed E-state index contributed by atoms with van der Waals surface area (Å²) in [5.41, 5.74) is 1.46. The molecule has 146 valence electrons. The fraction of sp³-hybridized carbons (Fsp3) is 0.435. The summed E-state index contributed by atoms with van der Waals surface area (Å²) in [4.78, 5) is 4.41. The van der Waals surface area contributed by atoms with Crippen molar-refractivity contribution in [3.63, 3.8) is 0 Å². The Morgan fingerprint density at radius 3 is 2.33 bits per heavy atom. The van der Waals surface area contributed by atoms with Gasteiger partial charge in [0, 0.05) is 17.8 Å². The van der Waals surface area contributed by atoms with Gasteiger partial charge in [0.25, 0.3) is 0 Å². The molecule has 0 saturated carbocycles. The standard InChI is InChI=1S/C23H31NO3/c1-4-5-6-7-8-15-26-22-12-9-19(23(25)16-22)17-24-20-10-13-21(14-11-20)27-18(2)3/h9-14,16-18,25H,4-8,15H2,1-3H3. The zero-order valence-electron chi connectivity index (χ0n) is 16.6. The normalized spacial score (nSPS) is 11.3. The van der Waals surface area contributed by atoms with Crippen LogP contribution < -0.4 is 9.47 Å². The molecule has 1 N–H and O–H groups in total. The second-order valence-corrected chi connectivity index (χ2v) is 6.90. The van der Waals surface area contributed by atoms with Crippen LogP contribution in [0.3, 0.4) is 0 Å². The van der Waals surface area contributed by atoms with Gasteiger partial charge in [-0.2, -0.15) is 0 Å². The van der Waals surface area contributed by atoms with Crippen molar-refractivity contribution in [2.24, 2.45) is 4.99 Å². The summed E-state index contributed by atoms with van der Waals surface area (Å²) in [7, 11) is 0. The van der Waals surface area contributed by atoms with Crippen molar-refractivity contribution in [1.82, 2.24) is 0 Å². The van der Waals surface area contributed by atoms with E-state index in [4.69, 9.17) is 9.47 Å². The lowest BCUT2D eigenvalue weighted by Gasteiger charge is -2.09. The van der Waals surface area contributed by atoms with E-state index in [-0.39, 0.29) is 11.9 Å². The predicted molar refractivity (Wildman–Crippen MR) is 112 cm³/mol. The molecule has 0 aliphatic heterocycles. The molecule has 2 rings (SSSR count). The van der Waals surface area contributed by atoms with E-state index in [0.29, 0.717) is 17.9 Å². The minimum Gasteiger partial charge on any atom is -0.507 e. The number of aromatic hydroxyl groups is 1. The monoisotopic (exact) mass is 369 g/mol. The molecule has 4 heteroatoms. The zero-order chi connectivity index (χ0) is 19.5. The molecule has 0 aromatic heterocycles. The first-order valence-electron chi connectivity index (χ1n) is 9.85. The van der Waals surface area contributed by atoms with Crippen LogP contribution >= 0.6 is 0 Å². The lowest BCUT2D eigenvalue weighted by Crippen LogP contribution is -2.04. The Hall–Kier alpha value is -2.49. The first-order valence-corrected chi connectivity index (χ1v) is 9.85. The Balaban J connectivity index is 1.86. The molecule has 4 nitrogen and oxygen atoms in total. The van der Waals surface area contributed by atoms with E-state index >= 15 is 0 Å². The Morgan fingerprint density at radius 2 is 1.67 bits per heavy atom. The van der Waals surface area contributed by atoms with Crippen molar-refractivity contribution in [3.05, 3.63) is 48.0 Å². The van der Waals surface area contributed by atoms with Crippen LogP contribution in [0.1, 0.15) is 58.4 Å². The third-order valence-corrected chi connectivity index (χ3v) is 4.08. The second kappa shape index (κ2) is 11.3. The van der Waals surface area contributed by atoms with Crippen molar-refractivity contribution in [2.45, 2.75) is 59.0 Å². The maximum atomic E-state index is 10.2. The highest BCUT2D eigenvalue weighted by atomic mass is 16.5. The number of unbranched alkanes of at least 4 members (excludes halogenated alkanes) is 4. The highest BCUT2D eigenvalue weighted by Gasteiger charge is 2.02. The number of rotatable bonds is 11. The molecule has 27 heavy (non-hydrogen) atoms. The van der Waals surface area contributed by atoms with E-state index in [1.807, 2.05) is 50.2 Å². The number of benzene rings is 2. The molecule has 0 amide bonds. The molecular weight excluding hydrogens is 338 g/mol. The van der Waals surface area contributed by atoms with Gasteiger partial charge >= 0.3 is 0 Å². The second-order valence-electron chi connectivity index (χ2n) is 6.90. The summed E-state index contributed by atoms with van der Waals surface area (Å²) in [5.74, 6) is 1.68. The van der Waals surface area contributed by atoms with Gasteiger partial charge in [-0.3, -0.25) is 4.99 Å². The number of ether oxygens (including phenoxy) is 2. The molecule has 0 fully saturated rings. The van der Waals surface area contributed by atoms with Gasteiger partial charge in [-0.15, -0.1) is 0 Å². The van der Waals surface area contributed by atoms with E-state index in [2.05, 4.69) is 11.9 Å². The Morgan fingerprint density at radius 1 is 0.963 bits per heavy atom. The van der Waals surface area contributed by atoms with Gasteiger partial charge in [-0.25, -0.2) is 0 Å². The van der Waals surface area contributed by atoms with Gasteiger partial charge in [-0.05, 0) is 56.7 Å². The number of phenolic OH excluding ortho intramolecular Hbond substituents is 1. The highest BCUT2D eigenvalue weighted by molar-refractivity contribution is 5.85. The number of hydrogen-bond donors (Lipinski definition) is 1. The van der Waals surface area contributed by atoms with Crippen LogP contribution in [-0.4, -0.2) is 24.0 Å². The number of aliphatic imine (C=N–C) groups is 1. The molecule has 0 spiro atoms. The Labute approximate surface area is 162 Å². The average Bonchev–Trinajstić information content (AvgIpc) is 2.64. The molecule has 0 bridgehead atoms. The van der Waals surface area contributed by atoms with Crippen LogP contribution in [0.5, 0.6) is 17.2 Å². The van der Waals surface area contributed by atoms with Gasteiger partial charge in [0.1, 0.15) is 17.2 Å². The third-order valence-electron chi connectivity index (χ3n) is 4.08. The molecule has 0 unspecified atom stereocenters. The Bertz CT molecular complexity index is 708. The average molecular weight is 370 g/mol. The van der Waals surface area contributed by atoms with Crippen LogP contribution in [0.4, 0.5) is 5.69 Å². The van der Waals surface area contributed by atoms with Crippen LogP contribution in [0.2, 0.25) is 0 Å². The fourth-order valence-corrected chi connectivity index (χ4v) is 2.65. The summed E-state index contributed by atoms with van der Waals surface area (Å²) in [5, 5.41) is 10.2. The van der Waals surface area contributed by atoms with E-state index in [9.17, 15) is 5.11 Å². The fourth-order valence-electron chi connectivity index (χ4n) is 2.65. The number of nitrogens with zero attached hydrogens (tertiary/aromatic N) is 1. The Kier molecular flexibility index (Phi) is 8.69. The van der Waals surface area contributed by atoms with Gasteiger partial charge in [0.15, 0.2) is 0 Å². The maximum absolute atomic E-state index is 10.2. The van der Waals surface area contributed by atoms with E-state index < -0.39 is 0 Å². The van der Waals surface area contributed by atoms with Crippen molar-refractivity contribution >= 4 is 11.9 Å². The van der Waals surface area contributed by atoms with Crippen LogP contribution in [0.15, 0.2) is 47.5 Å². The lowest BCUT2D eigenvalue weighted by atomic mass is 10.2. The zero-order valence-corrected chi connectivity index (χ0v) is 16.6. The van der Waals surface area contributed by atoms with Crippen LogP contribution in [0, 0.1) is 0 Å². The molecule has 0 aliphatic carbocycles. The van der Waals surface area contributed by atoms with E-state index in [1.54, 1.807) is 12.3 Å². The third kappa shape index (κ3) is 7.73. The van der Waals surface area contributed by atoms with Crippen molar-refractivity contribution in [3.8, 4) is 17.2 Å². The lowest BCUT2D eigenvalue weighted by molar-refractivity contribution is 0.242.